The molecule has 2 rings (SSSR count). The van der Waals surface area contributed by atoms with Gasteiger partial charge in [-0.25, -0.2) is 8.42 Å². The molecule has 0 saturated heterocycles. The monoisotopic (exact) mass is 366 g/mol. The third-order valence-electron chi connectivity index (χ3n) is 5.07. The highest BCUT2D eigenvalue weighted by atomic mass is 32.2. The van der Waals surface area contributed by atoms with Crippen molar-refractivity contribution in [1.82, 2.24) is 4.90 Å². The molecule has 1 aliphatic rings. The lowest BCUT2D eigenvalue weighted by Crippen LogP contribution is -2.52. The second-order valence-corrected chi connectivity index (χ2v) is 8.92. The fourth-order valence-corrected chi connectivity index (χ4v) is 4.82. The van der Waals surface area contributed by atoms with E-state index in [0.29, 0.717) is 12.1 Å². The van der Waals surface area contributed by atoms with Crippen LogP contribution in [0.1, 0.15) is 51.0 Å². The van der Waals surface area contributed by atoms with Crippen LogP contribution >= 0.6 is 0 Å². The summed E-state index contributed by atoms with van der Waals surface area (Å²) in [6, 6.07) is 6.80. The molecule has 6 heteroatoms. The van der Waals surface area contributed by atoms with E-state index in [1.807, 2.05) is 33.0 Å². The van der Waals surface area contributed by atoms with Crippen molar-refractivity contribution in [3.05, 3.63) is 29.8 Å². The van der Waals surface area contributed by atoms with E-state index in [1.165, 1.54) is 17.0 Å². The summed E-state index contributed by atoms with van der Waals surface area (Å²) in [5.74, 6) is -0.111. The van der Waals surface area contributed by atoms with Gasteiger partial charge in [-0.05, 0) is 38.3 Å². The second kappa shape index (κ2) is 8.21. The number of benzene rings is 1. The molecule has 1 saturated carbocycles. The number of carbonyl (C=O) groups excluding carboxylic acids is 1. The number of aryl methyl sites for hydroxylation is 1. The second-order valence-electron chi connectivity index (χ2n) is 7.06. The van der Waals surface area contributed by atoms with E-state index in [-0.39, 0.29) is 11.9 Å². The van der Waals surface area contributed by atoms with E-state index in [0.717, 1.165) is 31.2 Å². The van der Waals surface area contributed by atoms with Crippen molar-refractivity contribution < 1.29 is 13.2 Å². The van der Waals surface area contributed by atoms with Gasteiger partial charge in [0, 0.05) is 13.1 Å². The van der Waals surface area contributed by atoms with Crippen LogP contribution in [0.4, 0.5) is 5.69 Å². The fraction of sp³-hybridized carbons (Fsp3) is 0.632. The molecule has 1 aromatic rings. The predicted molar refractivity (Wildman–Crippen MR) is 102 cm³/mol. The average molecular weight is 367 g/mol. The van der Waals surface area contributed by atoms with Gasteiger partial charge in [-0.1, -0.05) is 43.9 Å². The van der Waals surface area contributed by atoms with E-state index >= 15 is 0 Å². The highest BCUT2D eigenvalue weighted by Crippen LogP contribution is 2.27. The fourth-order valence-electron chi connectivity index (χ4n) is 3.62. The topological polar surface area (TPSA) is 57.7 Å². The molecular formula is C19H30N2O3S. The lowest BCUT2D eigenvalue weighted by molar-refractivity contribution is -0.133. The Labute approximate surface area is 152 Å². The number of sulfonamides is 1. The minimum Gasteiger partial charge on any atom is -0.341 e. The number of hydrogen-bond acceptors (Lipinski definition) is 3. The van der Waals surface area contributed by atoms with Crippen LogP contribution < -0.4 is 4.31 Å². The quantitative estimate of drug-likeness (QED) is 0.776. The van der Waals surface area contributed by atoms with E-state index in [4.69, 9.17) is 0 Å². The van der Waals surface area contributed by atoms with Crippen molar-refractivity contribution >= 4 is 21.6 Å². The van der Waals surface area contributed by atoms with Crippen LogP contribution in [-0.2, 0) is 14.8 Å². The molecule has 0 N–H and O–H groups in total. The van der Waals surface area contributed by atoms with Crippen LogP contribution in [0.15, 0.2) is 24.3 Å². The molecule has 5 nitrogen and oxygen atoms in total. The van der Waals surface area contributed by atoms with Crippen molar-refractivity contribution in [3.8, 4) is 0 Å². The maximum atomic E-state index is 13.1. The van der Waals surface area contributed by atoms with Gasteiger partial charge in [0.25, 0.3) is 0 Å². The maximum Gasteiger partial charge on any atom is 0.246 e. The molecule has 1 atom stereocenters. The Kier molecular flexibility index (Phi) is 6.49. The van der Waals surface area contributed by atoms with E-state index in [9.17, 15) is 13.2 Å². The number of anilines is 1. The zero-order valence-electron chi connectivity index (χ0n) is 15.7. The summed E-state index contributed by atoms with van der Waals surface area (Å²) in [5.41, 5.74) is 1.60. The Bertz CT molecular complexity index is 679. The molecule has 0 bridgehead atoms. The average Bonchev–Trinajstić information content (AvgIpc) is 2.59. The predicted octanol–water partition coefficient (Wildman–Crippen LogP) is 3.33. The van der Waals surface area contributed by atoms with Crippen molar-refractivity contribution in [1.29, 1.82) is 0 Å². The highest BCUT2D eigenvalue weighted by molar-refractivity contribution is 7.92. The third kappa shape index (κ3) is 4.75. The molecule has 0 unspecified atom stereocenters. The van der Waals surface area contributed by atoms with E-state index < -0.39 is 16.1 Å². The first kappa shape index (κ1) is 19.8. The first-order chi connectivity index (χ1) is 11.8. The van der Waals surface area contributed by atoms with Gasteiger partial charge in [0.2, 0.25) is 15.9 Å². The zero-order chi connectivity index (χ0) is 18.6. The van der Waals surface area contributed by atoms with Gasteiger partial charge in [0.1, 0.15) is 6.04 Å². The van der Waals surface area contributed by atoms with Crippen LogP contribution in [0, 0.1) is 6.92 Å². The minimum absolute atomic E-state index is 0.111. The zero-order valence-corrected chi connectivity index (χ0v) is 16.6. The van der Waals surface area contributed by atoms with Crippen LogP contribution in [-0.4, -0.2) is 44.6 Å². The van der Waals surface area contributed by atoms with Gasteiger partial charge in [-0.15, -0.1) is 0 Å². The molecule has 1 amide bonds. The number of likely N-dealkylation sites (N-methyl/N-ethyl adjacent to an activating group) is 1. The number of rotatable bonds is 6. The van der Waals surface area contributed by atoms with Crippen molar-refractivity contribution in [2.75, 3.05) is 17.6 Å². The van der Waals surface area contributed by atoms with Gasteiger partial charge in [0.15, 0.2) is 0 Å². The Balaban J connectivity index is 2.32. The summed E-state index contributed by atoms with van der Waals surface area (Å²) < 4.78 is 26.2. The molecule has 0 aliphatic heterocycles. The largest absolute Gasteiger partial charge is 0.341 e. The van der Waals surface area contributed by atoms with Gasteiger partial charge < -0.3 is 4.90 Å². The van der Waals surface area contributed by atoms with Crippen molar-refractivity contribution in [2.24, 2.45) is 0 Å². The Morgan fingerprint density at radius 3 is 2.20 bits per heavy atom. The van der Waals surface area contributed by atoms with Gasteiger partial charge in [-0.2, -0.15) is 0 Å². The molecule has 1 fully saturated rings. The van der Waals surface area contributed by atoms with Crippen LogP contribution in [0.5, 0.6) is 0 Å². The molecule has 0 aromatic heterocycles. The van der Waals surface area contributed by atoms with Crippen LogP contribution in [0.2, 0.25) is 0 Å². The van der Waals surface area contributed by atoms with E-state index in [1.54, 1.807) is 17.0 Å². The number of nitrogens with zero attached hydrogens (tertiary/aromatic N) is 2. The summed E-state index contributed by atoms with van der Waals surface area (Å²) in [6.07, 6.45) is 7.10. The highest BCUT2D eigenvalue weighted by Gasteiger charge is 2.35. The minimum atomic E-state index is -3.57. The van der Waals surface area contributed by atoms with Gasteiger partial charge in [0.05, 0.1) is 11.9 Å². The third-order valence-corrected chi connectivity index (χ3v) is 6.25. The Hall–Kier alpha value is -1.56. The first-order valence-electron chi connectivity index (χ1n) is 9.08. The standard InChI is InChI=1S/C19H30N2O3S/c1-5-18(19(22)20(3)16-9-7-6-8-10-16)21(25(4,23)24)17-13-11-15(2)12-14-17/h11-14,16,18H,5-10H2,1-4H3/t18-/m1/s1. The van der Waals surface area contributed by atoms with Crippen LogP contribution in [0.25, 0.3) is 0 Å². The molecule has 1 aromatic carbocycles. The van der Waals surface area contributed by atoms with Gasteiger partial charge >= 0.3 is 0 Å². The molecule has 1 aliphatic carbocycles. The molecule has 0 radical (unpaired) electrons. The molecular weight excluding hydrogens is 336 g/mol. The van der Waals surface area contributed by atoms with Crippen molar-refractivity contribution in [2.45, 2.75) is 64.5 Å². The maximum absolute atomic E-state index is 13.1. The number of carbonyl (C=O) groups is 1. The lowest BCUT2D eigenvalue weighted by Gasteiger charge is -2.37. The summed E-state index contributed by atoms with van der Waals surface area (Å²) >= 11 is 0. The Morgan fingerprint density at radius 1 is 1.16 bits per heavy atom. The smallest absolute Gasteiger partial charge is 0.246 e. The molecule has 0 spiro atoms. The molecule has 0 heterocycles. The molecule has 140 valence electrons. The summed E-state index contributed by atoms with van der Waals surface area (Å²) in [6.45, 7) is 3.82. The van der Waals surface area contributed by atoms with Crippen molar-refractivity contribution in [3.63, 3.8) is 0 Å². The normalized spacial score (nSPS) is 17.1. The Morgan fingerprint density at radius 2 is 1.72 bits per heavy atom. The van der Waals surface area contributed by atoms with Crippen LogP contribution in [0.3, 0.4) is 0 Å². The summed E-state index contributed by atoms with van der Waals surface area (Å²) in [5, 5.41) is 0. The summed E-state index contributed by atoms with van der Waals surface area (Å²) in [4.78, 5) is 14.9. The van der Waals surface area contributed by atoms with Gasteiger partial charge in [-0.3, -0.25) is 9.10 Å². The first-order valence-corrected chi connectivity index (χ1v) is 10.9. The lowest BCUT2D eigenvalue weighted by atomic mass is 9.94. The number of amides is 1. The summed E-state index contributed by atoms with van der Waals surface area (Å²) in [7, 11) is -1.75. The SMILES string of the molecule is CC[C@H](C(=O)N(C)C1CCCCC1)N(c1ccc(C)cc1)S(C)(=O)=O. The number of hydrogen-bond donors (Lipinski definition) is 0. The molecule has 25 heavy (non-hydrogen) atoms. The van der Waals surface area contributed by atoms with E-state index in [2.05, 4.69) is 0 Å².